The number of nitro benzene ring substituents is 1. The third-order valence-corrected chi connectivity index (χ3v) is 3.02. The predicted molar refractivity (Wildman–Crippen MR) is 78.7 cm³/mol. The van der Waals surface area contributed by atoms with Crippen molar-refractivity contribution in [3.63, 3.8) is 0 Å². The van der Waals surface area contributed by atoms with E-state index in [0.717, 1.165) is 17.7 Å². The van der Waals surface area contributed by atoms with Gasteiger partial charge >= 0.3 is 5.97 Å². The fourth-order valence-corrected chi connectivity index (χ4v) is 1.87. The quantitative estimate of drug-likeness (QED) is 0.629. The predicted octanol–water partition coefficient (Wildman–Crippen LogP) is 2.95. The monoisotopic (exact) mass is 286 g/mol. The van der Waals surface area contributed by atoms with E-state index >= 15 is 0 Å². The third kappa shape index (κ3) is 4.04. The van der Waals surface area contributed by atoms with Crippen LogP contribution in [-0.4, -0.2) is 22.5 Å². The van der Waals surface area contributed by atoms with E-state index < -0.39 is 10.9 Å². The van der Waals surface area contributed by atoms with E-state index in [0.29, 0.717) is 6.54 Å². The topological polar surface area (TPSA) is 92.5 Å². The summed E-state index contributed by atoms with van der Waals surface area (Å²) in [5, 5.41) is 22.5. The largest absolute Gasteiger partial charge is 0.478 e. The number of carboxylic acids is 1. The van der Waals surface area contributed by atoms with E-state index in [4.69, 9.17) is 5.11 Å². The average molecular weight is 286 g/mol. The van der Waals surface area contributed by atoms with Crippen LogP contribution in [0.1, 0.15) is 15.9 Å². The van der Waals surface area contributed by atoms with Gasteiger partial charge in [-0.05, 0) is 36.2 Å². The van der Waals surface area contributed by atoms with Gasteiger partial charge in [0.2, 0.25) is 0 Å². The maximum absolute atomic E-state index is 10.7. The van der Waals surface area contributed by atoms with Crippen molar-refractivity contribution in [3.05, 3.63) is 69.8 Å². The van der Waals surface area contributed by atoms with Gasteiger partial charge in [0.25, 0.3) is 5.69 Å². The van der Waals surface area contributed by atoms with Crippen LogP contribution in [0.25, 0.3) is 0 Å². The zero-order chi connectivity index (χ0) is 15.2. The lowest BCUT2D eigenvalue weighted by Crippen LogP contribution is -2.05. The van der Waals surface area contributed by atoms with Crippen LogP contribution in [0.4, 0.5) is 11.4 Å². The Morgan fingerprint density at radius 3 is 2.24 bits per heavy atom. The minimum absolute atomic E-state index is 0.0600. The highest BCUT2D eigenvalue weighted by atomic mass is 16.6. The molecule has 2 rings (SSSR count). The van der Waals surface area contributed by atoms with Gasteiger partial charge in [0.05, 0.1) is 10.5 Å². The van der Waals surface area contributed by atoms with Crippen molar-refractivity contribution in [2.75, 3.05) is 11.9 Å². The van der Waals surface area contributed by atoms with Crippen molar-refractivity contribution < 1.29 is 14.8 Å². The minimum Gasteiger partial charge on any atom is -0.478 e. The van der Waals surface area contributed by atoms with E-state index in [1.165, 1.54) is 12.1 Å². The van der Waals surface area contributed by atoms with Gasteiger partial charge in [-0.1, -0.05) is 12.1 Å². The van der Waals surface area contributed by atoms with Crippen molar-refractivity contribution in [1.82, 2.24) is 0 Å². The van der Waals surface area contributed by atoms with Gasteiger partial charge < -0.3 is 10.4 Å². The molecule has 0 amide bonds. The Bertz CT molecular complexity index is 578. The molecule has 0 fully saturated rings. The molecule has 0 saturated heterocycles. The zero-order valence-electron chi connectivity index (χ0n) is 11.2. The number of nitro groups is 1. The Balaban J connectivity index is 1.86. The molecule has 0 aliphatic carbocycles. The first-order valence-corrected chi connectivity index (χ1v) is 6.37. The van der Waals surface area contributed by atoms with Gasteiger partial charge in [0, 0.05) is 24.4 Å². The lowest BCUT2D eigenvalue weighted by Gasteiger charge is -2.06. The number of anilines is 1. The third-order valence-electron chi connectivity index (χ3n) is 3.02. The molecule has 0 radical (unpaired) electrons. The van der Waals surface area contributed by atoms with E-state index in [-0.39, 0.29) is 11.3 Å². The molecular weight excluding hydrogens is 272 g/mol. The Morgan fingerprint density at radius 2 is 1.71 bits per heavy atom. The summed E-state index contributed by atoms with van der Waals surface area (Å²) in [5.74, 6) is -0.939. The maximum atomic E-state index is 10.7. The first-order valence-electron chi connectivity index (χ1n) is 6.37. The van der Waals surface area contributed by atoms with Crippen molar-refractivity contribution in [2.24, 2.45) is 0 Å². The Labute approximate surface area is 121 Å². The first kappa shape index (κ1) is 14.5. The second-order valence-electron chi connectivity index (χ2n) is 4.48. The van der Waals surface area contributed by atoms with Gasteiger partial charge in [-0.3, -0.25) is 10.1 Å². The second-order valence-corrected chi connectivity index (χ2v) is 4.48. The number of benzene rings is 2. The van der Waals surface area contributed by atoms with Crippen LogP contribution in [0.5, 0.6) is 0 Å². The molecule has 108 valence electrons. The molecule has 0 saturated carbocycles. The number of nitrogens with zero attached hydrogens (tertiary/aromatic N) is 1. The molecule has 21 heavy (non-hydrogen) atoms. The summed E-state index contributed by atoms with van der Waals surface area (Å²) in [7, 11) is 0. The van der Waals surface area contributed by atoms with Gasteiger partial charge in [0.1, 0.15) is 0 Å². The Hall–Kier alpha value is -2.89. The molecule has 6 heteroatoms. The minimum atomic E-state index is -0.939. The van der Waals surface area contributed by atoms with Crippen LogP contribution in [-0.2, 0) is 6.42 Å². The smallest absolute Gasteiger partial charge is 0.335 e. The highest BCUT2D eigenvalue weighted by Gasteiger charge is 2.04. The lowest BCUT2D eigenvalue weighted by molar-refractivity contribution is -0.384. The summed E-state index contributed by atoms with van der Waals surface area (Å²) < 4.78 is 0. The molecule has 0 aromatic heterocycles. The molecule has 0 atom stereocenters. The highest BCUT2D eigenvalue weighted by molar-refractivity contribution is 5.87. The molecule has 2 aromatic carbocycles. The fraction of sp³-hybridized carbons (Fsp3) is 0.133. The standard InChI is InChI=1S/C15H14N2O4/c18-15(19)12-3-1-11(2-4-12)9-10-16-13-5-7-14(8-6-13)17(20)21/h1-8,16H,9-10H2,(H,18,19). The molecule has 0 aliphatic heterocycles. The van der Waals surface area contributed by atoms with Gasteiger partial charge in [0.15, 0.2) is 0 Å². The summed E-state index contributed by atoms with van der Waals surface area (Å²) in [6, 6.07) is 12.9. The molecule has 0 spiro atoms. The summed E-state index contributed by atoms with van der Waals surface area (Å²) >= 11 is 0. The number of hydrogen-bond acceptors (Lipinski definition) is 4. The first-order chi connectivity index (χ1) is 10.1. The number of non-ortho nitro benzene ring substituents is 1. The summed E-state index contributed by atoms with van der Waals surface area (Å²) in [5.41, 5.74) is 2.16. The number of hydrogen-bond donors (Lipinski definition) is 2. The molecule has 0 bridgehead atoms. The van der Waals surface area contributed by atoms with Crippen LogP contribution in [0.2, 0.25) is 0 Å². The van der Waals surface area contributed by atoms with E-state index in [1.807, 2.05) is 0 Å². The maximum Gasteiger partial charge on any atom is 0.335 e. The number of aromatic carboxylic acids is 1. The van der Waals surface area contributed by atoms with Crippen LogP contribution < -0.4 is 5.32 Å². The van der Waals surface area contributed by atoms with Gasteiger partial charge in [-0.2, -0.15) is 0 Å². The number of carbonyl (C=O) groups is 1. The molecule has 2 aromatic rings. The van der Waals surface area contributed by atoms with Crippen LogP contribution >= 0.6 is 0 Å². The molecule has 6 nitrogen and oxygen atoms in total. The van der Waals surface area contributed by atoms with Crippen molar-refractivity contribution in [1.29, 1.82) is 0 Å². The summed E-state index contributed by atoms with van der Waals surface area (Å²) in [6.07, 6.45) is 0.733. The molecular formula is C15H14N2O4. The van der Waals surface area contributed by atoms with Crippen molar-refractivity contribution >= 4 is 17.3 Å². The molecule has 0 heterocycles. The van der Waals surface area contributed by atoms with Crippen LogP contribution in [0.3, 0.4) is 0 Å². The second kappa shape index (κ2) is 6.51. The lowest BCUT2D eigenvalue weighted by atomic mass is 10.1. The van der Waals surface area contributed by atoms with E-state index in [1.54, 1.807) is 36.4 Å². The number of carboxylic acid groups (broad SMARTS) is 1. The summed E-state index contributed by atoms with van der Waals surface area (Å²) in [4.78, 5) is 20.8. The van der Waals surface area contributed by atoms with Gasteiger partial charge in [-0.25, -0.2) is 4.79 Å². The van der Waals surface area contributed by atoms with Crippen molar-refractivity contribution in [3.8, 4) is 0 Å². The van der Waals surface area contributed by atoms with Crippen LogP contribution in [0.15, 0.2) is 48.5 Å². The zero-order valence-corrected chi connectivity index (χ0v) is 11.2. The van der Waals surface area contributed by atoms with Crippen LogP contribution in [0, 0.1) is 10.1 Å². The molecule has 0 unspecified atom stereocenters. The molecule has 2 N–H and O–H groups in total. The van der Waals surface area contributed by atoms with E-state index in [2.05, 4.69) is 5.32 Å². The summed E-state index contributed by atoms with van der Waals surface area (Å²) in [6.45, 7) is 0.657. The Kier molecular flexibility index (Phi) is 4.50. The molecule has 0 aliphatic rings. The number of nitrogens with one attached hydrogen (secondary N) is 1. The number of rotatable bonds is 6. The van der Waals surface area contributed by atoms with E-state index in [9.17, 15) is 14.9 Å². The van der Waals surface area contributed by atoms with Crippen molar-refractivity contribution in [2.45, 2.75) is 6.42 Å². The normalized spacial score (nSPS) is 10.1. The Morgan fingerprint density at radius 1 is 1.10 bits per heavy atom. The SMILES string of the molecule is O=C(O)c1ccc(CCNc2ccc([N+](=O)[O-])cc2)cc1. The average Bonchev–Trinajstić information content (AvgIpc) is 2.48. The fourth-order valence-electron chi connectivity index (χ4n) is 1.87. The van der Waals surface area contributed by atoms with Gasteiger partial charge in [-0.15, -0.1) is 0 Å². The highest BCUT2D eigenvalue weighted by Crippen LogP contribution is 2.15.